The number of nitrogens with one attached hydrogen (secondary N) is 1. The van der Waals surface area contributed by atoms with Crippen molar-refractivity contribution in [1.82, 2.24) is 5.32 Å². The molecule has 2 atom stereocenters. The molecule has 0 aromatic rings. The summed E-state index contributed by atoms with van der Waals surface area (Å²) in [4.78, 5) is 0. The zero-order valence-corrected chi connectivity index (χ0v) is 10.1. The van der Waals surface area contributed by atoms with Gasteiger partial charge in [-0.3, -0.25) is 0 Å². The molecule has 0 aromatic carbocycles. The molecule has 90 valence electrons. The molecule has 0 aromatic heterocycles. The first kappa shape index (κ1) is 12.9. The Bertz CT molecular complexity index is 173. The summed E-state index contributed by atoms with van der Waals surface area (Å²) in [5.41, 5.74) is -0.0753. The normalized spacial score (nSPS) is 31.8. The van der Waals surface area contributed by atoms with Crippen LogP contribution in [-0.4, -0.2) is 36.5 Å². The highest BCUT2D eigenvalue weighted by molar-refractivity contribution is 4.93. The highest BCUT2D eigenvalue weighted by Gasteiger charge is 2.35. The van der Waals surface area contributed by atoms with Crippen LogP contribution in [0.4, 0.5) is 0 Å². The highest BCUT2D eigenvalue weighted by atomic mass is 16.5. The van der Waals surface area contributed by atoms with Crippen molar-refractivity contribution in [2.45, 2.75) is 57.6 Å². The highest BCUT2D eigenvalue weighted by Crippen LogP contribution is 2.29. The monoisotopic (exact) mass is 215 g/mol. The van der Waals surface area contributed by atoms with E-state index in [9.17, 15) is 5.11 Å². The molecule has 3 nitrogen and oxygen atoms in total. The zero-order valence-electron chi connectivity index (χ0n) is 10.1. The largest absolute Gasteiger partial charge is 0.394 e. The van der Waals surface area contributed by atoms with Gasteiger partial charge in [0.25, 0.3) is 0 Å². The first-order chi connectivity index (χ1) is 7.26. The molecular weight excluding hydrogens is 190 g/mol. The van der Waals surface area contributed by atoms with E-state index in [0.717, 1.165) is 45.3 Å². The number of rotatable bonds is 6. The summed E-state index contributed by atoms with van der Waals surface area (Å²) in [5, 5.41) is 13.0. The van der Waals surface area contributed by atoms with E-state index in [1.165, 1.54) is 0 Å². The minimum atomic E-state index is -0.0753. The Morgan fingerprint density at radius 1 is 1.47 bits per heavy atom. The zero-order chi connectivity index (χ0) is 11.1. The summed E-state index contributed by atoms with van der Waals surface area (Å²) < 4.78 is 5.67. The van der Waals surface area contributed by atoms with E-state index in [1.807, 2.05) is 6.92 Å². The molecule has 1 saturated carbocycles. The predicted molar refractivity (Wildman–Crippen MR) is 62.0 cm³/mol. The Labute approximate surface area is 93.2 Å². The average Bonchev–Trinajstić information content (AvgIpc) is 2.27. The van der Waals surface area contributed by atoms with Gasteiger partial charge >= 0.3 is 0 Å². The van der Waals surface area contributed by atoms with Crippen molar-refractivity contribution < 1.29 is 9.84 Å². The lowest BCUT2D eigenvalue weighted by atomic mass is 9.80. The Hall–Kier alpha value is -0.120. The van der Waals surface area contributed by atoms with Crippen molar-refractivity contribution in [2.24, 2.45) is 0 Å². The fraction of sp³-hybridized carbons (Fsp3) is 1.00. The topological polar surface area (TPSA) is 41.5 Å². The second-order valence-corrected chi connectivity index (χ2v) is 4.54. The van der Waals surface area contributed by atoms with Gasteiger partial charge in [-0.1, -0.05) is 6.92 Å². The van der Waals surface area contributed by atoms with E-state index >= 15 is 0 Å². The third kappa shape index (κ3) is 3.74. The molecule has 3 heteroatoms. The molecule has 2 N–H and O–H groups in total. The number of aliphatic hydroxyl groups excluding tert-OH is 1. The molecule has 1 fully saturated rings. The van der Waals surface area contributed by atoms with Crippen molar-refractivity contribution in [3.05, 3.63) is 0 Å². The summed E-state index contributed by atoms with van der Waals surface area (Å²) in [6.45, 7) is 6.19. The number of hydrogen-bond acceptors (Lipinski definition) is 3. The summed E-state index contributed by atoms with van der Waals surface area (Å²) in [7, 11) is 0. The van der Waals surface area contributed by atoms with Gasteiger partial charge in [-0.05, 0) is 45.6 Å². The quantitative estimate of drug-likeness (QED) is 0.708. The minimum Gasteiger partial charge on any atom is -0.394 e. The van der Waals surface area contributed by atoms with Crippen molar-refractivity contribution >= 4 is 0 Å². The first-order valence-corrected chi connectivity index (χ1v) is 6.24. The lowest BCUT2D eigenvalue weighted by Crippen LogP contribution is -2.53. The molecule has 1 aliphatic rings. The molecule has 0 heterocycles. The van der Waals surface area contributed by atoms with Crippen LogP contribution in [0, 0.1) is 0 Å². The van der Waals surface area contributed by atoms with Crippen LogP contribution in [0.5, 0.6) is 0 Å². The second kappa shape index (κ2) is 6.46. The third-order valence-electron chi connectivity index (χ3n) is 3.25. The molecule has 1 rings (SSSR count). The van der Waals surface area contributed by atoms with E-state index in [0.29, 0.717) is 6.10 Å². The SMILES string of the molecule is CCCNC1(CO)CCCC(OCC)C1. The summed E-state index contributed by atoms with van der Waals surface area (Å²) in [6.07, 6.45) is 5.77. The van der Waals surface area contributed by atoms with E-state index in [2.05, 4.69) is 12.2 Å². The first-order valence-electron chi connectivity index (χ1n) is 6.24. The van der Waals surface area contributed by atoms with Crippen LogP contribution in [-0.2, 0) is 4.74 Å². The average molecular weight is 215 g/mol. The van der Waals surface area contributed by atoms with Gasteiger partial charge in [-0.2, -0.15) is 0 Å². The molecule has 0 radical (unpaired) electrons. The number of hydrogen-bond donors (Lipinski definition) is 2. The maximum absolute atomic E-state index is 9.54. The van der Waals surface area contributed by atoms with Gasteiger partial charge in [-0.25, -0.2) is 0 Å². The fourth-order valence-corrected chi connectivity index (χ4v) is 2.44. The molecule has 0 amide bonds. The van der Waals surface area contributed by atoms with Crippen LogP contribution < -0.4 is 5.32 Å². The molecule has 15 heavy (non-hydrogen) atoms. The van der Waals surface area contributed by atoms with Gasteiger partial charge in [0.2, 0.25) is 0 Å². The lowest BCUT2D eigenvalue weighted by Gasteiger charge is -2.40. The van der Waals surface area contributed by atoms with Crippen molar-refractivity contribution in [3.8, 4) is 0 Å². The van der Waals surface area contributed by atoms with Crippen LogP contribution in [0.3, 0.4) is 0 Å². The molecular formula is C12H25NO2. The van der Waals surface area contributed by atoms with Crippen LogP contribution in [0.1, 0.15) is 46.0 Å². The number of aliphatic hydroxyl groups is 1. The molecule has 0 saturated heterocycles. The van der Waals surface area contributed by atoms with Crippen molar-refractivity contribution in [1.29, 1.82) is 0 Å². The van der Waals surface area contributed by atoms with Gasteiger partial charge < -0.3 is 15.2 Å². The number of ether oxygens (including phenoxy) is 1. The Kier molecular flexibility index (Phi) is 5.58. The van der Waals surface area contributed by atoms with E-state index in [1.54, 1.807) is 0 Å². The lowest BCUT2D eigenvalue weighted by molar-refractivity contribution is -0.0104. The minimum absolute atomic E-state index is 0.0753. The van der Waals surface area contributed by atoms with E-state index in [-0.39, 0.29) is 12.1 Å². The maximum atomic E-state index is 9.54. The Balaban J connectivity index is 2.47. The van der Waals surface area contributed by atoms with Crippen LogP contribution in [0.2, 0.25) is 0 Å². The molecule has 1 aliphatic carbocycles. The van der Waals surface area contributed by atoms with Crippen LogP contribution in [0.25, 0.3) is 0 Å². The molecule has 0 bridgehead atoms. The van der Waals surface area contributed by atoms with Gasteiger partial charge in [0.05, 0.1) is 12.7 Å². The predicted octanol–water partition coefficient (Wildman–Crippen LogP) is 1.70. The van der Waals surface area contributed by atoms with Gasteiger partial charge in [-0.15, -0.1) is 0 Å². The molecule has 2 unspecified atom stereocenters. The summed E-state index contributed by atoms with van der Waals surface area (Å²) in [5.74, 6) is 0. The van der Waals surface area contributed by atoms with Crippen LogP contribution in [0.15, 0.2) is 0 Å². The van der Waals surface area contributed by atoms with Gasteiger partial charge in [0.15, 0.2) is 0 Å². The third-order valence-corrected chi connectivity index (χ3v) is 3.25. The van der Waals surface area contributed by atoms with Gasteiger partial charge in [0.1, 0.15) is 0 Å². The van der Waals surface area contributed by atoms with E-state index in [4.69, 9.17) is 4.74 Å². The summed E-state index contributed by atoms with van der Waals surface area (Å²) in [6, 6.07) is 0. The molecule has 0 spiro atoms. The van der Waals surface area contributed by atoms with Crippen LogP contribution >= 0.6 is 0 Å². The smallest absolute Gasteiger partial charge is 0.0614 e. The Morgan fingerprint density at radius 3 is 2.87 bits per heavy atom. The second-order valence-electron chi connectivity index (χ2n) is 4.54. The van der Waals surface area contributed by atoms with Crippen molar-refractivity contribution in [3.63, 3.8) is 0 Å². The fourth-order valence-electron chi connectivity index (χ4n) is 2.44. The van der Waals surface area contributed by atoms with Gasteiger partial charge in [0, 0.05) is 12.1 Å². The standard InChI is InChI=1S/C12H25NO2/c1-3-8-13-12(10-14)7-5-6-11(9-12)15-4-2/h11,13-14H,3-10H2,1-2H3. The van der Waals surface area contributed by atoms with E-state index < -0.39 is 0 Å². The van der Waals surface area contributed by atoms with Crippen molar-refractivity contribution in [2.75, 3.05) is 19.8 Å². The summed E-state index contributed by atoms with van der Waals surface area (Å²) >= 11 is 0. The Morgan fingerprint density at radius 2 is 2.27 bits per heavy atom. The maximum Gasteiger partial charge on any atom is 0.0614 e. The molecule has 0 aliphatic heterocycles.